The van der Waals surface area contributed by atoms with Crippen LogP contribution in [0, 0.1) is 0 Å². The SMILES string of the molecule is CCCn1c(SCC(=O)O)nnc1-c1cc2sccc2s1. The Morgan fingerprint density at radius 3 is 3.00 bits per heavy atom. The summed E-state index contributed by atoms with van der Waals surface area (Å²) >= 11 is 4.63. The third-order valence-electron chi connectivity index (χ3n) is 2.85. The second-order valence-electron chi connectivity index (χ2n) is 4.40. The predicted molar refractivity (Wildman–Crippen MR) is 87.4 cm³/mol. The van der Waals surface area contributed by atoms with E-state index >= 15 is 0 Å². The summed E-state index contributed by atoms with van der Waals surface area (Å²) in [5, 5.41) is 20.0. The Hall–Kier alpha value is -1.38. The molecule has 21 heavy (non-hydrogen) atoms. The zero-order valence-electron chi connectivity index (χ0n) is 11.3. The number of aromatic nitrogens is 3. The van der Waals surface area contributed by atoms with E-state index in [1.165, 1.54) is 21.2 Å². The van der Waals surface area contributed by atoms with Crippen LogP contribution in [0.15, 0.2) is 22.7 Å². The van der Waals surface area contributed by atoms with Gasteiger partial charge in [-0.3, -0.25) is 4.79 Å². The van der Waals surface area contributed by atoms with Crippen LogP contribution in [0.4, 0.5) is 0 Å². The third kappa shape index (κ3) is 2.97. The number of hydrogen-bond acceptors (Lipinski definition) is 6. The van der Waals surface area contributed by atoms with Crippen LogP contribution < -0.4 is 0 Å². The highest BCUT2D eigenvalue weighted by atomic mass is 32.2. The van der Waals surface area contributed by atoms with Gasteiger partial charge in [0.05, 0.1) is 10.6 Å². The van der Waals surface area contributed by atoms with Gasteiger partial charge in [0.1, 0.15) is 0 Å². The molecule has 3 heterocycles. The number of thioether (sulfide) groups is 1. The van der Waals surface area contributed by atoms with E-state index in [0.717, 1.165) is 23.7 Å². The maximum atomic E-state index is 10.7. The molecule has 0 amide bonds. The Balaban J connectivity index is 1.97. The van der Waals surface area contributed by atoms with Gasteiger partial charge in [-0.1, -0.05) is 18.7 Å². The fraction of sp³-hybridized carbons (Fsp3) is 0.308. The van der Waals surface area contributed by atoms with Crippen molar-refractivity contribution >= 4 is 49.8 Å². The van der Waals surface area contributed by atoms with Crippen LogP contribution in [0.2, 0.25) is 0 Å². The molecule has 0 aromatic carbocycles. The molecule has 0 unspecified atom stereocenters. The lowest BCUT2D eigenvalue weighted by Gasteiger charge is -2.06. The van der Waals surface area contributed by atoms with E-state index in [4.69, 9.17) is 5.11 Å². The quantitative estimate of drug-likeness (QED) is 0.692. The number of carboxylic acids is 1. The summed E-state index contributed by atoms with van der Waals surface area (Å²) in [6, 6.07) is 4.24. The molecule has 0 saturated heterocycles. The lowest BCUT2D eigenvalue weighted by Crippen LogP contribution is -2.04. The molecule has 0 aliphatic heterocycles. The Labute approximate surface area is 133 Å². The Bertz CT molecular complexity index is 746. The number of nitrogens with zero attached hydrogens (tertiary/aromatic N) is 3. The minimum absolute atomic E-state index is 0.00137. The van der Waals surface area contributed by atoms with Gasteiger partial charge < -0.3 is 9.67 Å². The second kappa shape index (κ2) is 6.17. The van der Waals surface area contributed by atoms with Crippen molar-refractivity contribution in [3.63, 3.8) is 0 Å². The molecule has 3 rings (SSSR count). The summed E-state index contributed by atoms with van der Waals surface area (Å²) in [6.45, 7) is 2.87. The van der Waals surface area contributed by atoms with Gasteiger partial charge in [-0.05, 0) is 23.9 Å². The number of carbonyl (C=O) groups is 1. The summed E-state index contributed by atoms with van der Waals surface area (Å²) < 4.78 is 4.52. The van der Waals surface area contributed by atoms with Crippen LogP contribution in [0.1, 0.15) is 13.3 Å². The molecule has 5 nitrogen and oxygen atoms in total. The normalized spacial score (nSPS) is 11.3. The van der Waals surface area contributed by atoms with Crippen molar-refractivity contribution in [2.45, 2.75) is 25.0 Å². The maximum Gasteiger partial charge on any atom is 0.313 e. The van der Waals surface area contributed by atoms with Crippen LogP contribution in [0.5, 0.6) is 0 Å². The van der Waals surface area contributed by atoms with Gasteiger partial charge in [-0.25, -0.2) is 0 Å². The Kier molecular flexibility index (Phi) is 4.27. The summed E-state index contributed by atoms with van der Waals surface area (Å²) in [5.74, 6) is -0.0103. The summed E-state index contributed by atoms with van der Waals surface area (Å²) in [6.07, 6.45) is 0.950. The Morgan fingerprint density at radius 2 is 2.29 bits per heavy atom. The van der Waals surface area contributed by atoms with E-state index in [9.17, 15) is 4.79 Å². The number of thiophene rings is 2. The van der Waals surface area contributed by atoms with Gasteiger partial charge in [-0.15, -0.1) is 32.9 Å². The first-order valence-corrected chi connectivity index (χ1v) is 9.12. The minimum Gasteiger partial charge on any atom is -0.481 e. The van der Waals surface area contributed by atoms with Gasteiger partial charge in [0, 0.05) is 15.9 Å². The lowest BCUT2D eigenvalue weighted by molar-refractivity contribution is -0.133. The molecule has 3 aromatic heterocycles. The van der Waals surface area contributed by atoms with Crippen LogP contribution in [-0.2, 0) is 11.3 Å². The van der Waals surface area contributed by atoms with Gasteiger partial charge >= 0.3 is 5.97 Å². The van der Waals surface area contributed by atoms with Crippen molar-refractivity contribution < 1.29 is 9.90 Å². The molecule has 0 fully saturated rings. The average Bonchev–Trinajstić information content (AvgIpc) is 3.09. The molecule has 0 aliphatic rings. The maximum absolute atomic E-state index is 10.7. The topological polar surface area (TPSA) is 68.0 Å². The highest BCUT2D eigenvalue weighted by Gasteiger charge is 2.17. The van der Waals surface area contributed by atoms with E-state index in [0.29, 0.717) is 5.16 Å². The molecule has 0 atom stereocenters. The minimum atomic E-state index is -0.843. The number of fused-ring (bicyclic) bond motifs is 1. The fourth-order valence-corrected chi connectivity index (χ4v) is 4.79. The van der Waals surface area contributed by atoms with Crippen molar-refractivity contribution in [1.29, 1.82) is 0 Å². The first-order chi connectivity index (χ1) is 10.2. The third-order valence-corrected chi connectivity index (χ3v) is 5.89. The first kappa shape index (κ1) is 14.6. The van der Waals surface area contributed by atoms with Crippen molar-refractivity contribution in [1.82, 2.24) is 14.8 Å². The van der Waals surface area contributed by atoms with Gasteiger partial charge in [0.15, 0.2) is 11.0 Å². The van der Waals surface area contributed by atoms with Crippen molar-refractivity contribution in [3.05, 3.63) is 17.5 Å². The molecule has 1 N–H and O–H groups in total. The number of carboxylic acid groups (broad SMARTS) is 1. The summed E-state index contributed by atoms with van der Waals surface area (Å²) in [4.78, 5) is 11.8. The molecule has 0 saturated carbocycles. The van der Waals surface area contributed by atoms with Crippen molar-refractivity contribution in [2.24, 2.45) is 0 Å². The van der Waals surface area contributed by atoms with Gasteiger partial charge in [0.25, 0.3) is 0 Å². The van der Waals surface area contributed by atoms with E-state index < -0.39 is 5.97 Å². The van der Waals surface area contributed by atoms with E-state index in [-0.39, 0.29) is 5.75 Å². The van der Waals surface area contributed by atoms with Crippen molar-refractivity contribution in [3.8, 4) is 10.7 Å². The zero-order chi connectivity index (χ0) is 14.8. The highest BCUT2D eigenvalue weighted by molar-refractivity contribution is 7.99. The van der Waals surface area contributed by atoms with Gasteiger partial charge in [0.2, 0.25) is 0 Å². The van der Waals surface area contributed by atoms with Crippen LogP contribution in [0.25, 0.3) is 20.1 Å². The molecule has 0 spiro atoms. The summed E-state index contributed by atoms with van der Waals surface area (Å²) in [5.41, 5.74) is 0. The molecule has 0 bridgehead atoms. The highest BCUT2D eigenvalue weighted by Crippen LogP contribution is 2.36. The number of aliphatic carboxylic acids is 1. The molecular weight excluding hydrogens is 326 g/mol. The molecular formula is C13H13N3O2S3. The van der Waals surface area contributed by atoms with E-state index in [1.807, 2.05) is 4.57 Å². The fourth-order valence-electron chi connectivity index (χ4n) is 2.01. The zero-order valence-corrected chi connectivity index (χ0v) is 13.7. The molecule has 110 valence electrons. The van der Waals surface area contributed by atoms with Crippen LogP contribution in [0.3, 0.4) is 0 Å². The molecule has 0 radical (unpaired) electrons. The standard InChI is InChI=1S/C13H13N3O2S3/c1-2-4-16-12(14-15-13(16)20-7-11(17)18)10-6-9-8(21-10)3-5-19-9/h3,5-6H,2,4,7H2,1H3,(H,17,18). The average molecular weight is 339 g/mol. The summed E-state index contributed by atoms with van der Waals surface area (Å²) in [7, 11) is 0. The van der Waals surface area contributed by atoms with Crippen molar-refractivity contribution in [2.75, 3.05) is 5.75 Å². The smallest absolute Gasteiger partial charge is 0.313 e. The van der Waals surface area contributed by atoms with Gasteiger partial charge in [-0.2, -0.15) is 0 Å². The molecule has 3 aromatic rings. The second-order valence-corrected chi connectivity index (χ2v) is 7.37. The lowest BCUT2D eigenvalue weighted by atomic mass is 10.4. The van der Waals surface area contributed by atoms with Crippen LogP contribution in [-0.4, -0.2) is 31.6 Å². The number of rotatable bonds is 6. The van der Waals surface area contributed by atoms with E-state index in [2.05, 4.69) is 34.6 Å². The first-order valence-electron chi connectivity index (χ1n) is 6.44. The molecule has 8 heteroatoms. The monoisotopic (exact) mass is 339 g/mol. The van der Waals surface area contributed by atoms with E-state index in [1.54, 1.807) is 22.7 Å². The Morgan fingerprint density at radius 1 is 1.43 bits per heavy atom. The van der Waals surface area contributed by atoms with Crippen LogP contribution >= 0.6 is 34.4 Å². The number of hydrogen-bond donors (Lipinski definition) is 1. The molecule has 0 aliphatic carbocycles. The predicted octanol–water partition coefficient (Wildman–Crippen LogP) is 3.81. The largest absolute Gasteiger partial charge is 0.481 e.